The Bertz CT molecular complexity index is 510. The van der Waals surface area contributed by atoms with Crippen molar-refractivity contribution in [2.75, 3.05) is 6.54 Å². The minimum atomic E-state index is -0.733. The lowest BCUT2D eigenvalue weighted by Crippen LogP contribution is -2.26. The van der Waals surface area contributed by atoms with Crippen molar-refractivity contribution in [3.63, 3.8) is 0 Å². The van der Waals surface area contributed by atoms with Gasteiger partial charge in [0.15, 0.2) is 5.69 Å². The fraction of sp³-hybridized carbons (Fsp3) is 0.688. The summed E-state index contributed by atoms with van der Waals surface area (Å²) < 4.78 is 5.24. The number of carboxylic acids is 1. The third kappa shape index (κ3) is 4.86. The summed E-state index contributed by atoms with van der Waals surface area (Å²) in [6.45, 7) is 0.624. The molecular formula is C16H24N2O4. The number of aliphatic carboxylic acids is 1. The zero-order valence-electron chi connectivity index (χ0n) is 12.9. The topological polar surface area (TPSA) is 92.4 Å². The van der Waals surface area contributed by atoms with Crippen LogP contribution >= 0.6 is 0 Å². The number of rotatable bonds is 9. The van der Waals surface area contributed by atoms with Crippen LogP contribution in [0.3, 0.4) is 0 Å². The number of carbonyl (C=O) groups is 2. The fourth-order valence-corrected chi connectivity index (χ4v) is 2.78. The first-order chi connectivity index (χ1) is 10.7. The SMILES string of the molecule is O=C(O)CCCCCCCNC(=O)c1noc2c1CCCC2. The maximum atomic E-state index is 12.1. The lowest BCUT2D eigenvalue weighted by Gasteiger charge is -2.09. The lowest BCUT2D eigenvalue weighted by atomic mass is 9.96. The van der Waals surface area contributed by atoms with E-state index in [0.29, 0.717) is 12.2 Å². The summed E-state index contributed by atoms with van der Waals surface area (Å²) in [6, 6.07) is 0. The first kappa shape index (κ1) is 16.5. The molecule has 0 fully saturated rings. The van der Waals surface area contributed by atoms with Crippen molar-refractivity contribution in [2.24, 2.45) is 0 Å². The van der Waals surface area contributed by atoms with Crippen LogP contribution in [0.5, 0.6) is 0 Å². The predicted octanol–water partition coefficient (Wildman–Crippen LogP) is 2.71. The van der Waals surface area contributed by atoms with Gasteiger partial charge < -0.3 is 14.9 Å². The van der Waals surface area contributed by atoms with Gasteiger partial charge in [-0.1, -0.05) is 24.4 Å². The van der Waals surface area contributed by atoms with Crippen molar-refractivity contribution in [1.29, 1.82) is 0 Å². The van der Waals surface area contributed by atoms with Crippen molar-refractivity contribution in [1.82, 2.24) is 10.5 Å². The third-order valence-corrected chi connectivity index (χ3v) is 4.02. The molecule has 1 aromatic heterocycles. The van der Waals surface area contributed by atoms with Gasteiger partial charge in [-0.15, -0.1) is 0 Å². The number of nitrogens with one attached hydrogen (secondary N) is 1. The van der Waals surface area contributed by atoms with Crippen LogP contribution in [-0.4, -0.2) is 28.7 Å². The highest BCUT2D eigenvalue weighted by atomic mass is 16.5. The molecule has 1 aromatic rings. The van der Waals surface area contributed by atoms with Gasteiger partial charge in [-0.25, -0.2) is 0 Å². The second kappa shape index (κ2) is 8.56. The van der Waals surface area contributed by atoms with Crippen LogP contribution in [-0.2, 0) is 17.6 Å². The van der Waals surface area contributed by atoms with Gasteiger partial charge in [0.25, 0.3) is 5.91 Å². The Hall–Kier alpha value is -1.85. The number of carbonyl (C=O) groups excluding carboxylic acids is 1. The highest BCUT2D eigenvalue weighted by Crippen LogP contribution is 2.24. The van der Waals surface area contributed by atoms with Crippen molar-refractivity contribution in [3.8, 4) is 0 Å². The summed E-state index contributed by atoms with van der Waals surface area (Å²) in [7, 11) is 0. The minimum absolute atomic E-state index is 0.141. The van der Waals surface area contributed by atoms with E-state index < -0.39 is 5.97 Å². The monoisotopic (exact) mass is 308 g/mol. The van der Waals surface area contributed by atoms with Crippen molar-refractivity contribution >= 4 is 11.9 Å². The quantitative estimate of drug-likeness (QED) is 0.684. The smallest absolute Gasteiger partial charge is 0.303 e. The Labute approximate surface area is 130 Å². The summed E-state index contributed by atoms with van der Waals surface area (Å²) >= 11 is 0. The number of hydrogen-bond donors (Lipinski definition) is 2. The molecule has 1 amide bonds. The largest absolute Gasteiger partial charge is 0.481 e. The van der Waals surface area contributed by atoms with Crippen LogP contribution in [0.1, 0.15) is 73.2 Å². The van der Waals surface area contributed by atoms with Crippen LogP contribution in [0, 0.1) is 0 Å². The summed E-state index contributed by atoms with van der Waals surface area (Å²) in [5.41, 5.74) is 1.44. The highest BCUT2D eigenvalue weighted by molar-refractivity contribution is 5.93. The predicted molar refractivity (Wildman–Crippen MR) is 80.8 cm³/mol. The van der Waals surface area contributed by atoms with Crippen LogP contribution < -0.4 is 5.32 Å². The number of fused-ring (bicyclic) bond motifs is 1. The first-order valence-electron chi connectivity index (χ1n) is 8.16. The fourth-order valence-electron chi connectivity index (χ4n) is 2.78. The zero-order valence-corrected chi connectivity index (χ0v) is 12.9. The molecule has 0 radical (unpaired) electrons. The number of carboxylic acid groups (broad SMARTS) is 1. The molecule has 1 aliphatic carbocycles. The van der Waals surface area contributed by atoms with E-state index in [-0.39, 0.29) is 12.3 Å². The minimum Gasteiger partial charge on any atom is -0.481 e. The van der Waals surface area contributed by atoms with Crippen molar-refractivity contribution in [3.05, 3.63) is 17.0 Å². The molecule has 6 nitrogen and oxygen atoms in total. The molecule has 2 rings (SSSR count). The number of aryl methyl sites for hydroxylation is 1. The Morgan fingerprint density at radius 1 is 1.09 bits per heavy atom. The Morgan fingerprint density at radius 2 is 1.82 bits per heavy atom. The maximum Gasteiger partial charge on any atom is 0.303 e. The number of unbranched alkanes of at least 4 members (excludes halogenated alkanes) is 4. The van der Waals surface area contributed by atoms with Gasteiger partial charge in [-0.3, -0.25) is 9.59 Å². The van der Waals surface area contributed by atoms with Gasteiger partial charge in [0.1, 0.15) is 5.76 Å². The molecule has 0 saturated heterocycles. The number of aromatic nitrogens is 1. The van der Waals surface area contributed by atoms with Crippen LogP contribution in [0.25, 0.3) is 0 Å². The Balaban J connectivity index is 1.60. The van der Waals surface area contributed by atoms with E-state index in [1.165, 1.54) is 0 Å². The number of hydrogen-bond acceptors (Lipinski definition) is 4. The summed E-state index contributed by atoms with van der Waals surface area (Å²) in [6.07, 6.45) is 8.75. The van der Waals surface area contributed by atoms with Crippen LogP contribution in [0.15, 0.2) is 4.52 Å². The van der Waals surface area contributed by atoms with Crippen LogP contribution in [0.2, 0.25) is 0 Å². The molecule has 122 valence electrons. The summed E-state index contributed by atoms with van der Waals surface area (Å²) in [5, 5.41) is 15.3. The molecular weight excluding hydrogens is 284 g/mol. The molecule has 0 unspecified atom stereocenters. The maximum absolute atomic E-state index is 12.1. The molecule has 2 N–H and O–H groups in total. The van der Waals surface area contributed by atoms with E-state index in [2.05, 4.69) is 10.5 Å². The first-order valence-corrected chi connectivity index (χ1v) is 8.16. The van der Waals surface area contributed by atoms with Gasteiger partial charge in [-0.05, 0) is 32.1 Å². The molecule has 0 atom stereocenters. The van der Waals surface area contributed by atoms with E-state index in [0.717, 1.165) is 69.1 Å². The molecule has 1 heterocycles. The molecule has 22 heavy (non-hydrogen) atoms. The number of nitrogens with zero attached hydrogens (tertiary/aromatic N) is 1. The Kier molecular flexibility index (Phi) is 6.43. The zero-order chi connectivity index (χ0) is 15.8. The molecule has 6 heteroatoms. The van der Waals surface area contributed by atoms with E-state index in [1.54, 1.807) is 0 Å². The average Bonchev–Trinajstić information content (AvgIpc) is 2.93. The number of amides is 1. The molecule has 0 spiro atoms. The van der Waals surface area contributed by atoms with Gasteiger partial charge in [0.05, 0.1) is 0 Å². The molecule has 0 aromatic carbocycles. The molecule has 0 aliphatic heterocycles. The normalized spacial score (nSPS) is 13.6. The van der Waals surface area contributed by atoms with Crippen molar-refractivity contribution < 1.29 is 19.2 Å². The highest BCUT2D eigenvalue weighted by Gasteiger charge is 2.23. The third-order valence-electron chi connectivity index (χ3n) is 4.02. The molecule has 0 saturated carbocycles. The Morgan fingerprint density at radius 3 is 2.64 bits per heavy atom. The van der Waals surface area contributed by atoms with E-state index in [1.807, 2.05) is 0 Å². The van der Waals surface area contributed by atoms with E-state index in [4.69, 9.17) is 9.63 Å². The molecule has 1 aliphatic rings. The second-order valence-electron chi connectivity index (χ2n) is 5.81. The van der Waals surface area contributed by atoms with E-state index >= 15 is 0 Å². The van der Waals surface area contributed by atoms with Gasteiger partial charge in [-0.2, -0.15) is 0 Å². The van der Waals surface area contributed by atoms with Gasteiger partial charge >= 0.3 is 5.97 Å². The average molecular weight is 308 g/mol. The summed E-state index contributed by atoms with van der Waals surface area (Å²) in [5.74, 6) is -0.00387. The van der Waals surface area contributed by atoms with E-state index in [9.17, 15) is 9.59 Å². The lowest BCUT2D eigenvalue weighted by molar-refractivity contribution is -0.137. The molecule has 0 bridgehead atoms. The van der Waals surface area contributed by atoms with Crippen molar-refractivity contribution in [2.45, 2.75) is 64.2 Å². The summed E-state index contributed by atoms with van der Waals surface area (Å²) in [4.78, 5) is 22.5. The standard InChI is InChI=1S/C16H24N2O4/c19-14(20)10-4-2-1-3-7-11-17-16(21)15-12-8-5-6-9-13(12)22-18-15/h1-11H2,(H,17,21)(H,19,20). The van der Waals surface area contributed by atoms with Gasteiger partial charge in [0.2, 0.25) is 0 Å². The van der Waals surface area contributed by atoms with Crippen LogP contribution in [0.4, 0.5) is 0 Å². The second-order valence-corrected chi connectivity index (χ2v) is 5.81. The van der Waals surface area contributed by atoms with Gasteiger partial charge in [0, 0.05) is 24.9 Å².